The highest BCUT2D eigenvalue weighted by atomic mass is 32.2. The van der Waals surface area contributed by atoms with Crippen LogP contribution >= 0.6 is 11.8 Å². The lowest BCUT2D eigenvalue weighted by Crippen LogP contribution is -2.23. The normalized spacial score (nSPS) is 11.1. The molecule has 0 aliphatic heterocycles. The largest absolute Gasteiger partial charge is 0.345 e. The number of benzene rings is 2. The molecule has 0 saturated carbocycles. The Balaban J connectivity index is 1.62. The number of rotatable bonds is 5. The molecule has 0 fully saturated rings. The summed E-state index contributed by atoms with van der Waals surface area (Å²) in [5.41, 5.74) is 2.16. The van der Waals surface area contributed by atoms with Crippen molar-refractivity contribution < 1.29 is 13.6 Å². The van der Waals surface area contributed by atoms with Gasteiger partial charge in [0.15, 0.2) is 0 Å². The van der Waals surface area contributed by atoms with Gasteiger partial charge in [0.1, 0.15) is 5.82 Å². The van der Waals surface area contributed by atoms with Gasteiger partial charge < -0.3 is 10.3 Å². The number of thioether (sulfide) groups is 1. The van der Waals surface area contributed by atoms with Crippen molar-refractivity contribution in [1.82, 2.24) is 15.3 Å². The molecule has 0 atom stereocenters. The maximum Gasteiger partial charge on any atom is 0.288 e. The number of halogens is 2. The lowest BCUT2D eigenvalue weighted by molar-refractivity contribution is 0.0950. The number of alkyl halides is 2. The monoisotopic (exact) mass is 333 g/mol. The standard InChI is InChI=1S/C16H13F2N3OS/c17-16(18)23-11-7-5-10(6-8-11)15(22)19-9-14-20-12-3-1-2-4-13(12)21-14/h1-8,16H,9H2,(H,19,22)(H,20,21). The van der Waals surface area contributed by atoms with Gasteiger partial charge in [0, 0.05) is 10.5 Å². The maximum absolute atomic E-state index is 12.2. The highest BCUT2D eigenvalue weighted by Gasteiger charge is 2.09. The van der Waals surface area contributed by atoms with Crippen LogP contribution in [-0.4, -0.2) is 21.6 Å². The molecule has 0 spiro atoms. The molecular formula is C16H13F2N3OS. The number of H-pyrrole nitrogens is 1. The summed E-state index contributed by atoms with van der Waals surface area (Å²) in [6, 6.07) is 13.7. The Labute approximate surface area is 135 Å². The number of imidazole rings is 1. The first-order valence-electron chi connectivity index (χ1n) is 6.88. The Hall–Kier alpha value is -2.41. The van der Waals surface area contributed by atoms with Gasteiger partial charge in [0.05, 0.1) is 17.6 Å². The van der Waals surface area contributed by atoms with Crippen LogP contribution < -0.4 is 5.32 Å². The number of carbonyl (C=O) groups excluding carboxylic acids is 1. The van der Waals surface area contributed by atoms with Gasteiger partial charge in [-0.05, 0) is 36.4 Å². The topological polar surface area (TPSA) is 57.8 Å². The van der Waals surface area contributed by atoms with E-state index in [2.05, 4.69) is 15.3 Å². The van der Waals surface area contributed by atoms with Crippen LogP contribution in [0.15, 0.2) is 53.4 Å². The van der Waals surface area contributed by atoms with Crippen molar-refractivity contribution in [3.8, 4) is 0 Å². The first kappa shape index (κ1) is 15.5. The Bertz CT molecular complexity index is 785. The molecule has 1 amide bonds. The average Bonchev–Trinajstić information content (AvgIpc) is 2.95. The quantitative estimate of drug-likeness (QED) is 0.698. The zero-order valence-electron chi connectivity index (χ0n) is 11.9. The lowest BCUT2D eigenvalue weighted by atomic mass is 10.2. The summed E-state index contributed by atoms with van der Waals surface area (Å²) in [5.74, 6) is -2.09. The highest BCUT2D eigenvalue weighted by molar-refractivity contribution is 7.99. The predicted molar refractivity (Wildman–Crippen MR) is 85.6 cm³/mol. The molecule has 2 N–H and O–H groups in total. The van der Waals surface area contributed by atoms with E-state index in [1.54, 1.807) is 0 Å². The van der Waals surface area contributed by atoms with Crippen molar-refractivity contribution in [2.24, 2.45) is 0 Å². The Morgan fingerprint density at radius 2 is 1.91 bits per heavy atom. The number of hydrogen-bond donors (Lipinski definition) is 2. The minimum Gasteiger partial charge on any atom is -0.345 e. The van der Waals surface area contributed by atoms with Gasteiger partial charge in [0.25, 0.3) is 11.7 Å². The molecule has 0 unspecified atom stereocenters. The van der Waals surface area contributed by atoms with Crippen molar-refractivity contribution in [2.45, 2.75) is 17.2 Å². The van der Waals surface area contributed by atoms with Crippen LogP contribution in [0.25, 0.3) is 11.0 Å². The zero-order chi connectivity index (χ0) is 16.2. The molecule has 3 aromatic rings. The molecule has 0 saturated heterocycles. The number of fused-ring (bicyclic) bond motifs is 1. The van der Waals surface area contributed by atoms with E-state index in [1.807, 2.05) is 24.3 Å². The summed E-state index contributed by atoms with van der Waals surface area (Å²) in [6.07, 6.45) is 0. The third-order valence-corrected chi connectivity index (χ3v) is 3.92. The molecule has 23 heavy (non-hydrogen) atoms. The summed E-state index contributed by atoms with van der Waals surface area (Å²) >= 11 is 0.451. The molecule has 0 bridgehead atoms. The minimum atomic E-state index is -2.47. The summed E-state index contributed by atoms with van der Waals surface area (Å²) in [6.45, 7) is 0.265. The fraction of sp³-hybridized carbons (Fsp3) is 0.125. The number of amides is 1. The van der Waals surface area contributed by atoms with E-state index >= 15 is 0 Å². The van der Waals surface area contributed by atoms with E-state index < -0.39 is 5.76 Å². The van der Waals surface area contributed by atoms with Gasteiger partial charge >= 0.3 is 0 Å². The van der Waals surface area contributed by atoms with Crippen LogP contribution in [0.5, 0.6) is 0 Å². The summed E-state index contributed by atoms with van der Waals surface area (Å²) in [4.78, 5) is 20.0. The fourth-order valence-electron chi connectivity index (χ4n) is 2.14. The molecular weight excluding hydrogens is 320 g/mol. The van der Waals surface area contributed by atoms with Crippen LogP contribution in [0.3, 0.4) is 0 Å². The predicted octanol–water partition coefficient (Wildman–Crippen LogP) is 3.81. The summed E-state index contributed by atoms with van der Waals surface area (Å²) in [5, 5.41) is 2.75. The molecule has 1 aromatic heterocycles. The number of hydrogen-bond acceptors (Lipinski definition) is 3. The van der Waals surface area contributed by atoms with Gasteiger partial charge in [0.2, 0.25) is 0 Å². The van der Waals surface area contributed by atoms with Crippen molar-refractivity contribution in [3.05, 3.63) is 59.9 Å². The number of nitrogens with zero attached hydrogens (tertiary/aromatic N) is 1. The van der Waals surface area contributed by atoms with Crippen molar-refractivity contribution in [1.29, 1.82) is 0 Å². The zero-order valence-corrected chi connectivity index (χ0v) is 12.7. The van der Waals surface area contributed by atoms with Crippen LogP contribution in [0.2, 0.25) is 0 Å². The van der Waals surface area contributed by atoms with Gasteiger partial charge in [-0.3, -0.25) is 4.79 Å². The lowest BCUT2D eigenvalue weighted by Gasteiger charge is -2.05. The number of aromatic amines is 1. The average molecular weight is 333 g/mol. The Morgan fingerprint density at radius 3 is 2.61 bits per heavy atom. The molecule has 0 aliphatic carbocycles. The van der Waals surface area contributed by atoms with Gasteiger partial charge in [-0.25, -0.2) is 4.98 Å². The van der Waals surface area contributed by atoms with Crippen LogP contribution in [-0.2, 0) is 6.54 Å². The maximum atomic E-state index is 12.2. The van der Waals surface area contributed by atoms with Gasteiger partial charge in [-0.1, -0.05) is 23.9 Å². The molecule has 3 rings (SSSR count). The second-order valence-corrected chi connectivity index (χ2v) is 5.85. The summed E-state index contributed by atoms with van der Waals surface area (Å²) < 4.78 is 24.5. The molecule has 4 nitrogen and oxygen atoms in total. The number of aromatic nitrogens is 2. The molecule has 1 heterocycles. The third kappa shape index (κ3) is 3.87. The summed E-state index contributed by atoms with van der Waals surface area (Å²) in [7, 11) is 0. The third-order valence-electron chi connectivity index (χ3n) is 3.20. The number of carbonyl (C=O) groups is 1. The van der Waals surface area contributed by atoms with Gasteiger partial charge in [-0.2, -0.15) is 8.78 Å². The van der Waals surface area contributed by atoms with E-state index in [0.717, 1.165) is 11.0 Å². The van der Waals surface area contributed by atoms with E-state index in [4.69, 9.17) is 0 Å². The Morgan fingerprint density at radius 1 is 1.17 bits per heavy atom. The molecule has 118 valence electrons. The van der Waals surface area contributed by atoms with Crippen LogP contribution in [0, 0.1) is 0 Å². The van der Waals surface area contributed by atoms with Gasteiger partial charge in [-0.15, -0.1) is 0 Å². The minimum absolute atomic E-state index is 0.265. The van der Waals surface area contributed by atoms with E-state index in [9.17, 15) is 13.6 Å². The number of nitrogens with one attached hydrogen (secondary N) is 2. The number of para-hydroxylation sites is 2. The first-order valence-corrected chi connectivity index (χ1v) is 7.76. The van der Waals surface area contributed by atoms with E-state index in [-0.39, 0.29) is 12.5 Å². The van der Waals surface area contributed by atoms with Crippen LogP contribution in [0.4, 0.5) is 8.78 Å². The highest BCUT2D eigenvalue weighted by Crippen LogP contribution is 2.25. The molecule has 0 aliphatic rings. The van der Waals surface area contributed by atoms with Crippen molar-refractivity contribution in [2.75, 3.05) is 0 Å². The van der Waals surface area contributed by atoms with E-state index in [1.165, 1.54) is 24.3 Å². The smallest absolute Gasteiger partial charge is 0.288 e. The Kier molecular flexibility index (Phi) is 4.57. The molecule has 0 radical (unpaired) electrons. The SMILES string of the molecule is O=C(NCc1nc2ccccc2[nH]1)c1ccc(SC(F)F)cc1. The molecule has 2 aromatic carbocycles. The second kappa shape index (κ2) is 6.78. The molecule has 7 heteroatoms. The van der Waals surface area contributed by atoms with Crippen molar-refractivity contribution >= 4 is 28.7 Å². The van der Waals surface area contributed by atoms with Crippen LogP contribution in [0.1, 0.15) is 16.2 Å². The first-order chi connectivity index (χ1) is 11.1. The fourth-order valence-corrected chi connectivity index (χ4v) is 2.64. The van der Waals surface area contributed by atoms with Crippen molar-refractivity contribution in [3.63, 3.8) is 0 Å². The second-order valence-electron chi connectivity index (χ2n) is 4.79. The van der Waals surface area contributed by atoms with E-state index in [0.29, 0.717) is 28.0 Å².